The van der Waals surface area contributed by atoms with Crippen molar-refractivity contribution < 1.29 is 14.7 Å². The Balaban J connectivity index is 1.66. The first-order chi connectivity index (χ1) is 14.5. The molecule has 0 radical (unpaired) electrons. The molecule has 6 nitrogen and oxygen atoms in total. The minimum atomic E-state index is -1.13. The first-order valence-electron chi connectivity index (χ1n) is 9.41. The summed E-state index contributed by atoms with van der Waals surface area (Å²) in [7, 11) is 0. The Hall–Kier alpha value is -3.95. The van der Waals surface area contributed by atoms with Gasteiger partial charge in [0.1, 0.15) is 11.9 Å². The Bertz CT molecular complexity index is 1050. The topological polar surface area (TPSA) is 91.3 Å². The molecule has 0 saturated carbocycles. The van der Waals surface area contributed by atoms with Gasteiger partial charge in [-0.05, 0) is 55.5 Å². The van der Waals surface area contributed by atoms with Crippen molar-refractivity contribution in [3.05, 3.63) is 95.7 Å². The fraction of sp³-hybridized carbons (Fsp3) is 0.125. The summed E-state index contributed by atoms with van der Waals surface area (Å²) >= 11 is 0. The molecule has 2 amide bonds. The van der Waals surface area contributed by atoms with Crippen LogP contribution in [0.5, 0.6) is 0 Å². The molecule has 30 heavy (non-hydrogen) atoms. The van der Waals surface area contributed by atoms with Crippen LogP contribution in [0.15, 0.2) is 79.0 Å². The van der Waals surface area contributed by atoms with Crippen molar-refractivity contribution in [3.63, 3.8) is 0 Å². The van der Waals surface area contributed by atoms with Gasteiger partial charge in [-0.15, -0.1) is 0 Å². The highest BCUT2D eigenvalue weighted by molar-refractivity contribution is 6.01. The van der Waals surface area contributed by atoms with E-state index in [1.807, 2.05) is 30.3 Å². The predicted octanol–water partition coefficient (Wildman–Crippen LogP) is 2.60. The lowest BCUT2D eigenvalue weighted by molar-refractivity contribution is -0.120. The normalized spacial score (nSPS) is 12.1. The molecule has 1 aromatic heterocycles. The molecule has 0 saturated heterocycles. The molecule has 150 valence electrons. The smallest absolute Gasteiger partial charge is 0.252 e. The number of aliphatic hydroxyl groups is 1. The minimum Gasteiger partial charge on any atom is -0.391 e. The van der Waals surface area contributed by atoms with Crippen LogP contribution in [0.4, 0.5) is 5.82 Å². The summed E-state index contributed by atoms with van der Waals surface area (Å²) in [6.45, 7) is 1.44. The van der Waals surface area contributed by atoms with Crippen molar-refractivity contribution in [2.75, 3.05) is 5.32 Å². The molecule has 0 unspecified atom stereocenters. The van der Waals surface area contributed by atoms with E-state index in [-0.39, 0.29) is 0 Å². The van der Waals surface area contributed by atoms with Crippen LogP contribution in [0.25, 0.3) is 0 Å². The Morgan fingerprint density at radius 1 is 0.900 bits per heavy atom. The fourth-order valence-corrected chi connectivity index (χ4v) is 2.64. The second-order valence-corrected chi connectivity index (χ2v) is 6.59. The average Bonchev–Trinajstić information content (AvgIpc) is 2.77. The van der Waals surface area contributed by atoms with Crippen LogP contribution >= 0.6 is 0 Å². The number of hydrogen-bond donors (Lipinski definition) is 3. The molecule has 1 heterocycles. The van der Waals surface area contributed by atoms with E-state index in [1.165, 1.54) is 13.1 Å². The van der Waals surface area contributed by atoms with Gasteiger partial charge in [-0.2, -0.15) is 0 Å². The van der Waals surface area contributed by atoms with E-state index in [1.54, 1.807) is 42.5 Å². The van der Waals surface area contributed by atoms with Crippen LogP contribution in [0.3, 0.4) is 0 Å². The number of amides is 2. The number of anilines is 1. The van der Waals surface area contributed by atoms with Crippen molar-refractivity contribution >= 4 is 17.6 Å². The summed E-state index contributed by atoms with van der Waals surface area (Å²) in [5.74, 6) is 5.40. The Morgan fingerprint density at radius 2 is 1.53 bits per heavy atom. The Kier molecular flexibility index (Phi) is 6.93. The SMILES string of the molecule is C[C@@H](O)[C@H](NC(=O)c1ccc(C#Cc2ccccc2)cc1)C(=O)Nc1ccccn1. The summed E-state index contributed by atoms with van der Waals surface area (Å²) in [6.07, 6.45) is 0.446. The van der Waals surface area contributed by atoms with E-state index in [9.17, 15) is 14.7 Å². The predicted molar refractivity (Wildman–Crippen MR) is 115 cm³/mol. The number of aliphatic hydroxyl groups excluding tert-OH is 1. The first kappa shape index (κ1) is 20.8. The zero-order chi connectivity index (χ0) is 21.3. The maximum atomic E-state index is 12.6. The van der Waals surface area contributed by atoms with Crippen LogP contribution in [0.2, 0.25) is 0 Å². The second-order valence-electron chi connectivity index (χ2n) is 6.59. The van der Waals surface area contributed by atoms with Gasteiger partial charge in [0, 0.05) is 22.9 Å². The molecule has 3 aromatic rings. The van der Waals surface area contributed by atoms with Gasteiger partial charge >= 0.3 is 0 Å². The van der Waals surface area contributed by atoms with Gasteiger partial charge in [-0.25, -0.2) is 4.98 Å². The number of carbonyl (C=O) groups is 2. The number of rotatable bonds is 5. The van der Waals surface area contributed by atoms with Gasteiger partial charge in [0.05, 0.1) is 6.10 Å². The molecular formula is C24H21N3O3. The number of carbonyl (C=O) groups excluding carboxylic acids is 2. The Labute approximate surface area is 175 Å². The molecule has 2 atom stereocenters. The molecule has 0 fully saturated rings. The second kappa shape index (κ2) is 10.0. The third kappa shape index (κ3) is 5.77. The molecule has 6 heteroatoms. The first-order valence-corrected chi connectivity index (χ1v) is 9.41. The van der Waals surface area contributed by atoms with Crippen LogP contribution in [-0.2, 0) is 4.79 Å². The zero-order valence-electron chi connectivity index (χ0n) is 16.4. The summed E-state index contributed by atoms with van der Waals surface area (Å²) < 4.78 is 0. The number of aromatic nitrogens is 1. The van der Waals surface area contributed by atoms with Gasteiger partial charge in [-0.3, -0.25) is 9.59 Å². The largest absolute Gasteiger partial charge is 0.391 e. The van der Waals surface area contributed by atoms with Gasteiger partial charge in [0.25, 0.3) is 11.8 Å². The summed E-state index contributed by atoms with van der Waals surface area (Å²) in [4.78, 5) is 29.0. The molecule has 2 aromatic carbocycles. The molecule has 3 N–H and O–H groups in total. The van der Waals surface area contributed by atoms with Crippen molar-refractivity contribution in [1.82, 2.24) is 10.3 Å². The highest BCUT2D eigenvalue weighted by Gasteiger charge is 2.26. The van der Waals surface area contributed by atoms with Crippen molar-refractivity contribution in [2.24, 2.45) is 0 Å². The molecule has 0 aliphatic carbocycles. The van der Waals surface area contributed by atoms with Gasteiger partial charge in [-0.1, -0.05) is 36.1 Å². The van der Waals surface area contributed by atoms with Gasteiger partial charge < -0.3 is 15.7 Å². The Morgan fingerprint density at radius 3 is 2.13 bits per heavy atom. The molecule has 0 spiro atoms. The number of nitrogens with one attached hydrogen (secondary N) is 2. The van der Waals surface area contributed by atoms with Crippen molar-refractivity contribution in [2.45, 2.75) is 19.1 Å². The molecule has 0 bridgehead atoms. The molecular weight excluding hydrogens is 378 g/mol. The van der Waals surface area contributed by atoms with Crippen LogP contribution in [0, 0.1) is 11.8 Å². The van der Waals surface area contributed by atoms with E-state index in [2.05, 4.69) is 27.5 Å². The number of benzene rings is 2. The quantitative estimate of drug-likeness (QED) is 0.575. The number of nitrogens with zero attached hydrogens (tertiary/aromatic N) is 1. The lowest BCUT2D eigenvalue weighted by Crippen LogP contribution is -2.50. The lowest BCUT2D eigenvalue weighted by Gasteiger charge is -2.20. The standard InChI is InChI=1S/C24H21N3O3/c1-17(28)22(24(30)26-21-9-5-6-16-25-21)27-23(29)20-14-12-19(13-15-20)11-10-18-7-3-2-4-8-18/h2-9,12-17,22,28H,1H3,(H,27,29)(H,25,26,30)/t17-,22+/m1/s1. The van der Waals surface area contributed by atoms with E-state index in [0.29, 0.717) is 11.4 Å². The molecule has 0 aliphatic heterocycles. The number of hydrogen-bond acceptors (Lipinski definition) is 4. The van der Waals surface area contributed by atoms with Crippen LogP contribution in [0.1, 0.15) is 28.4 Å². The van der Waals surface area contributed by atoms with E-state index < -0.39 is 24.0 Å². The highest BCUT2D eigenvalue weighted by Crippen LogP contribution is 2.07. The fourth-order valence-electron chi connectivity index (χ4n) is 2.64. The van der Waals surface area contributed by atoms with E-state index in [0.717, 1.165) is 11.1 Å². The minimum absolute atomic E-state index is 0.337. The van der Waals surface area contributed by atoms with Crippen molar-refractivity contribution in [3.8, 4) is 11.8 Å². The highest BCUT2D eigenvalue weighted by atomic mass is 16.3. The maximum Gasteiger partial charge on any atom is 0.252 e. The summed E-state index contributed by atoms with van der Waals surface area (Å²) in [5, 5.41) is 15.1. The monoisotopic (exact) mass is 399 g/mol. The van der Waals surface area contributed by atoms with Crippen LogP contribution < -0.4 is 10.6 Å². The molecule has 3 rings (SSSR count). The number of pyridine rings is 1. The zero-order valence-corrected chi connectivity index (χ0v) is 16.4. The van der Waals surface area contributed by atoms with Crippen LogP contribution in [-0.4, -0.2) is 34.1 Å². The summed E-state index contributed by atoms with van der Waals surface area (Å²) in [5.41, 5.74) is 2.02. The third-order valence-corrected chi connectivity index (χ3v) is 4.24. The van der Waals surface area contributed by atoms with E-state index >= 15 is 0 Å². The maximum absolute atomic E-state index is 12.6. The average molecular weight is 399 g/mol. The van der Waals surface area contributed by atoms with E-state index in [4.69, 9.17) is 0 Å². The lowest BCUT2D eigenvalue weighted by atomic mass is 10.1. The van der Waals surface area contributed by atoms with Gasteiger partial charge in [0.2, 0.25) is 0 Å². The van der Waals surface area contributed by atoms with Gasteiger partial charge in [0.15, 0.2) is 0 Å². The summed E-state index contributed by atoms with van der Waals surface area (Å²) in [6, 6.07) is 20.2. The van der Waals surface area contributed by atoms with Crippen molar-refractivity contribution in [1.29, 1.82) is 0 Å². The third-order valence-electron chi connectivity index (χ3n) is 4.24. The molecule has 0 aliphatic rings.